The number of nitro benzene ring substituents is 1. The topological polar surface area (TPSA) is 64.4 Å². The van der Waals surface area contributed by atoms with Crippen LogP contribution in [0.15, 0.2) is 41.8 Å². The van der Waals surface area contributed by atoms with Crippen LogP contribution in [-0.2, 0) is 0 Å². The van der Waals surface area contributed by atoms with Crippen LogP contribution in [0.1, 0.15) is 24.3 Å². The Labute approximate surface area is 127 Å². The van der Waals surface area contributed by atoms with Gasteiger partial charge >= 0.3 is 0 Å². The first-order chi connectivity index (χ1) is 10.2. The van der Waals surface area contributed by atoms with Crippen molar-refractivity contribution in [1.82, 2.24) is 5.32 Å². The minimum absolute atomic E-state index is 0.0733. The average molecular weight is 306 g/mol. The second kappa shape index (κ2) is 7.75. The maximum absolute atomic E-state index is 10.5. The molecule has 112 valence electrons. The standard InChI is InChI=1S/C15H18N2O3S/c1-2-14(15-4-3-11-21-15)16-9-10-20-13-7-5-12(6-8-13)17(18)19/h3-8,11,14,16H,2,9-10H2,1H3. The number of ether oxygens (including phenoxy) is 1. The summed E-state index contributed by atoms with van der Waals surface area (Å²) in [6.07, 6.45) is 1.03. The molecule has 0 saturated heterocycles. The van der Waals surface area contributed by atoms with Gasteiger partial charge in [-0.15, -0.1) is 11.3 Å². The van der Waals surface area contributed by atoms with Crippen LogP contribution in [-0.4, -0.2) is 18.1 Å². The highest BCUT2D eigenvalue weighted by molar-refractivity contribution is 7.10. The van der Waals surface area contributed by atoms with Gasteiger partial charge in [0.25, 0.3) is 5.69 Å². The minimum Gasteiger partial charge on any atom is -0.492 e. The fourth-order valence-corrected chi connectivity index (χ4v) is 2.89. The van der Waals surface area contributed by atoms with Gasteiger partial charge in [-0.2, -0.15) is 0 Å². The number of thiophene rings is 1. The zero-order valence-corrected chi connectivity index (χ0v) is 12.6. The highest BCUT2D eigenvalue weighted by atomic mass is 32.1. The number of nitrogens with one attached hydrogen (secondary N) is 1. The fourth-order valence-electron chi connectivity index (χ4n) is 2.00. The Balaban J connectivity index is 1.75. The largest absolute Gasteiger partial charge is 0.492 e. The molecule has 1 unspecified atom stereocenters. The molecule has 1 aromatic heterocycles. The first-order valence-corrected chi connectivity index (χ1v) is 7.72. The van der Waals surface area contributed by atoms with Gasteiger partial charge in [-0.1, -0.05) is 13.0 Å². The van der Waals surface area contributed by atoms with E-state index in [0.29, 0.717) is 18.4 Å². The molecule has 1 heterocycles. The molecule has 0 aliphatic rings. The van der Waals surface area contributed by atoms with Crippen LogP contribution in [0.25, 0.3) is 0 Å². The Morgan fingerprint density at radius 2 is 2.10 bits per heavy atom. The molecular formula is C15H18N2O3S. The van der Waals surface area contributed by atoms with Gasteiger partial charge in [-0.05, 0) is 30.0 Å². The lowest BCUT2D eigenvalue weighted by Gasteiger charge is -2.15. The van der Waals surface area contributed by atoms with Crippen molar-refractivity contribution in [2.45, 2.75) is 19.4 Å². The summed E-state index contributed by atoms with van der Waals surface area (Å²) < 4.78 is 5.57. The summed E-state index contributed by atoms with van der Waals surface area (Å²) in [6, 6.07) is 10.7. The third-order valence-corrected chi connectivity index (χ3v) is 4.09. The molecule has 1 atom stereocenters. The summed E-state index contributed by atoms with van der Waals surface area (Å²) in [5, 5.41) is 16.1. The third-order valence-electron chi connectivity index (χ3n) is 3.10. The van der Waals surface area contributed by atoms with Crippen LogP contribution in [0.4, 0.5) is 5.69 Å². The Bertz CT molecular complexity index is 555. The fraction of sp³-hybridized carbons (Fsp3) is 0.333. The van der Waals surface area contributed by atoms with Gasteiger partial charge in [0, 0.05) is 29.6 Å². The lowest BCUT2D eigenvalue weighted by Crippen LogP contribution is -2.25. The molecule has 2 aromatic rings. The predicted octanol–water partition coefficient (Wildman–Crippen LogP) is 3.78. The molecule has 21 heavy (non-hydrogen) atoms. The van der Waals surface area contributed by atoms with Gasteiger partial charge in [0.2, 0.25) is 0 Å². The lowest BCUT2D eigenvalue weighted by molar-refractivity contribution is -0.384. The average Bonchev–Trinajstić information content (AvgIpc) is 3.02. The molecule has 0 amide bonds. The van der Waals surface area contributed by atoms with Crippen LogP contribution >= 0.6 is 11.3 Å². The zero-order valence-electron chi connectivity index (χ0n) is 11.8. The molecule has 0 saturated carbocycles. The van der Waals surface area contributed by atoms with Crippen LogP contribution < -0.4 is 10.1 Å². The van der Waals surface area contributed by atoms with Gasteiger partial charge in [0.1, 0.15) is 12.4 Å². The molecule has 0 fully saturated rings. The van der Waals surface area contributed by atoms with Crippen molar-refractivity contribution >= 4 is 17.0 Å². The number of benzene rings is 1. The number of nitro groups is 1. The van der Waals surface area contributed by atoms with Crippen molar-refractivity contribution in [3.05, 3.63) is 56.8 Å². The van der Waals surface area contributed by atoms with Crippen molar-refractivity contribution in [3.8, 4) is 5.75 Å². The summed E-state index contributed by atoms with van der Waals surface area (Å²) in [7, 11) is 0. The number of rotatable bonds is 8. The van der Waals surface area contributed by atoms with Gasteiger partial charge in [-0.25, -0.2) is 0 Å². The maximum atomic E-state index is 10.5. The number of nitrogens with zero attached hydrogens (tertiary/aromatic N) is 1. The maximum Gasteiger partial charge on any atom is 0.269 e. The molecule has 6 heteroatoms. The van der Waals surface area contributed by atoms with E-state index in [4.69, 9.17) is 4.74 Å². The van der Waals surface area contributed by atoms with Crippen LogP contribution in [0.2, 0.25) is 0 Å². The summed E-state index contributed by atoms with van der Waals surface area (Å²) in [4.78, 5) is 11.5. The Kier molecular flexibility index (Phi) is 5.71. The van der Waals surface area contributed by atoms with Gasteiger partial charge in [0.15, 0.2) is 0 Å². The quantitative estimate of drug-likeness (QED) is 0.458. The van der Waals surface area contributed by atoms with E-state index >= 15 is 0 Å². The Morgan fingerprint density at radius 3 is 2.67 bits per heavy atom. The lowest BCUT2D eigenvalue weighted by atomic mass is 10.2. The minimum atomic E-state index is -0.418. The number of hydrogen-bond acceptors (Lipinski definition) is 5. The molecule has 1 aromatic carbocycles. The molecule has 0 aliphatic heterocycles. The van der Waals surface area contributed by atoms with E-state index in [0.717, 1.165) is 13.0 Å². The first kappa shape index (κ1) is 15.5. The van der Waals surface area contributed by atoms with Crippen LogP contribution in [0.3, 0.4) is 0 Å². The van der Waals surface area contributed by atoms with Crippen molar-refractivity contribution in [1.29, 1.82) is 0 Å². The molecular weight excluding hydrogens is 288 g/mol. The monoisotopic (exact) mass is 306 g/mol. The second-order valence-corrected chi connectivity index (χ2v) is 5.51. The van der Waals surface area contributed by atoms with Crippen LogP contribution in [0.5, 0.6) is 5.75 Å². The Hall–Kier alpha value is -1.92. The normalized spacial score (nSPS) is 12.0. The van der Waals surface area contributed by atoms with E-state index in [1.54, 1.807) is 23.5 Å². The predicted molar refractivity (Wildman–Crippen MR) is 83.9 cm³/mol. The van der Waals surface area contributed by atoms with Gasteiger partial charge in [0.05, 0.1) is 4.92 Å². The summed E-state index contributed by atoms with van der Waals surface area (Å²) in [6.45, 7) is 3.40. The molecule has 1 N–H and O–H groups in total. The molecule has 0 bridgehead atoms. The van der Waals surface area contributed by atoms with Crippen molar-refractivity contribution in [2.75, 3.05) is 13.2 Å². The van der Waals surface area contributed by atoms with E-state index in [1.165, 1.54) is 17.0 Å². The second-order valence-electron chi connectivity index (χ2n) is 4.53. The summed E-state index contributed by atoms with van der Waals surface area (Å²) >= 11 is 1.75. The SMILES string of the molecule is CCC(NCCOc1ccc([N+](=O)[O-])cc1)c1cccs1. The van der Waals surface area contributed by atoms with E-state index in [2.05, 4.69) is 29.8 Å². The van der Waals surface area contributed by atoms with Crippen molar-refractivity contribution < 1.29 is 9.66 Å². The smallest absolute Gasteiger partial charge is 0.269 e. The van der Waals surface area contributed by atoms with Crippen LogP contribution in [0, 0.1) is 10.1 Å². The van der Waals surface area contributed by atoms with E-state index < -0.39 is 4.92 Å². The van der Waals surface area contributed by atoms with Crippen molar-refractivity contribution in [3.63, 3.8) is 0 Å². The third kappa shape index (κ3) is 4.54. The Morgan fingerprint density at radius 1 is 1.33 bits per heavy atom. The molecule has 2 rings (SSSR count). The summed E-state index contributed by atoms with van der Waals surface area (Å²) in [5.74, 6) is 0.645. The molecule has 0 spiro atoms. The van der Waals surface area contributed by atoms with E-state index in [9.17, 15) is 10.1 Å². The highest BCUT2D eigenvalue weighted by Gasteiger charge is 2.09. The highest BCUT2D eigenvalue weighted by Crippen LogP contribution is 2.21. The van der Waals surface area contributed by atoms with Crippen molar-refractivity contribution in [2.24, 2.45) is 0 Å². The zero-order chi connectivity index (χ0) is 15.1. The number of non-ortho nitro benzene ring substituents is 1. The number of hydrogen-bond donors (Lipinski definition) is 1. The molecule has 0 aliphatic carbocycles. The van der Waals surface area contributed by atoms with E-state index in [1.807, 2.05) is 0 Å². The molecule has 0 radical (unpaired) electrons. The summed E-state index contributed by atoms with van der Waals surface area (Å²) in [5.41, 5.74) is 0.0733. The van der Waals surface area contributed by atoms with E-state index in [-0.39, 0.29) is 5.69 Å². The van der Waals surface area contributed by atoms with Gasteiger partial charge in [-0.3, -0.25) is 10.1 Å². The van der Waals surface area contributed by atoms with Gasteiger partial charge < -0.3 is 10.1 Å². The first-order valence-electron chi connectivity index (χ1n) is 6.84. The molecule has 5 nitrogen and oxygen atoms in total.